The minimum Gasteiger partial charge on any atom is -0.444 e. The van der Waals surface area contributed by atoms with Crippen molar-refractivity contribution in [1.29, 1.82) is 0 Å². The number of hydrogen-bond acceptors (Lipinski definition) is 4. The van der Waals surface area contributed by atoms with E-state index in [0.29, 0.717) is 5.92 Å². The van der Waals surface area contributed by atoms with Crippen LogP contribution < -0.4 is 5.32 Å². The third-order valence-corrected chi connectivity index (χ3v) is 5.41. The molecule has 3 aliphatic heterocycles. The van der Waals surface area contributed by atoms with E-state index in [-0.39, 0.29) is 17.8 Å². The molecule has 5 nitrogen and oxygen atoms in total. The van der Waals surface area contributed by atoms with E-state index in [1.807, 2.05) is 18.3 Å². The van der Waals surface area contributed by atoms with E-state index >= 15 is 0 Å². The Hall–Kier alpha value is -2.47. The number of aromatic nitrogens is 1. The fraction of sp³-hybridized carbons (Fsp3) is 0.400. The lowest BCUT2D eigenvalue weighted by Crippen LogP contribution is -2.60. The number of nitrogens with one attached hydrogen (secondary N) is 1. The van der Waals surface area contributed by atoms with E-state index in [9.17, 15) is 9.18 Å². The number of rotatable bonds is 4. The van der Waals surface area contributed by atoms with Gasteiger partial charge in [0.2, 0.25) is 0 Å². The minimum atomic E-state index is -0.593. The zero-order valence-corrected chi connectivity index (χ0v) is 14.5. The molecule has 5 rings (SSSR count). The Morgan fingerprint density at radius 1 is 1.23 bits per heavy atom. The number of halogens is 1. The Kier molecular flexibility index (Phi) is 4.84. The predicted molar refractivity (Wildman–Crippen MR) is 96.3 cm³/mol. The van der Waals surface area contributed by atoms with Crippen LogP contribution >= 0.6 is 0 Å². The lowest BCUT2D eigenvalue weighted by molar-refractivity contribution is -0.0741. The smallest absolute Gasteiger partial charge is 0.412 e. The molecule has 3 saturated heterocycles. The monoisotopic (exact) mass is 355 g/mol. The number of fused-ring (bicyclic) bond motifs is 3. The summed E-state index contributed by atoms with van der Waals surface area (Å²) in [6.45, 7) is 2.06. The van der Waals surface area contributed by atoms with Crippen LogP contribution in [0.25, 0.3) is 0 Å². The molecule has 0 spiro atoms. The van der Waals surface area contributed by atoms with Crippen molar-refractivity contribution >= 4 is 11.8 Å². The molecular formula is C20H22FN3O2. The second kappa shape index (κ2) is 7.41. The van der Waals surface area contributed by atoms with Crippen molar-refractivity contribution in [3.05, 3.63) is 60.2 Å². The maximum Gasteiger partial charge on any atom is 0.412 e. The molecule has 1 amide bonds. The van der Waals surface area contributed by atoms with E-state index < -0.39 is 11.9 Å². The fourth-order valence-corrected chi connectivity index (χ4v) is 4.11. The van der Waals surface area contributed by atoms with Gasteiger partial charge in [0, 0.05) is 18.3 Å². The molecule has 1 aromatic heterocycles. The normalized spacial score (nSPS) is 27.1. The molecule has 2 atom stereocenters. The van der Waals surface area contributed by atoms with Gasteiger partial charge in [0.1, 0.15) is 11.9 Å². The van der Waals surface area contributed by atoms with Crippen LogP contribution in [0.15, 0.2) is 48.8 Å². The van der Waals surface area contributed by atoms with Crippen molar-refractivity contribution in [1.82, 2.24) is 9.88 Å². The van der Waals surface area contributed by atoms with Gasteiger partial charge in [-0.05, 0) is 56.1 Å². The maximum atomic E-state index is 13.8. The third-order valence-electron chi connectivity index (χ3n) is 5.41. The molecule has 4 heterocycles. The third kappa shape index (κ3) is 3.55. The van der Waals surface area contributed by atoms with Crippen LogP contribution in [-0.4, -0.2) is 41.2 Å². The number of carbonyl (C=O) groups is 1. The molecule has 2 aromatic rings. The second-order valence-electron chi connectivity index (χ2n) is 6.98. The first-order valence-electron chi connectivity index (χ1n) is 9.06. The second-order valence-corrected chi connectivity index (χ2v) is 6.98. The van der Waals surface area contributed by atoms with Crippen LogP contribution in [0.1, 0.15) is 18.4 Å². The lowest BCUT2D eigenvalue weighted by Gasteiger charge is -2.50. The molecule has 3 fully saturated rings. The first kappa shape index (κ1) is 17.0. The summed E-state index contributed by atoms with van der Waals surface area (Å²) in [6.07, 6.45) is 5.69. The predicted octanol–water partition coefficient (Wildman–Crippen LogP) is 3.47. The number of piperidine rings is 3. The molecule has 1 N–H and O–H groups in total. The van der Waals surface area contributed by atoms with Crippen molar-refractivity contribution in [3.63, 3.8) is 0 Å². The van der Waals surface area contributed by atoms with Crippen LogP contribution in [0, 0.1) is 11.7 Å². The van der Waals surface area contributed by atoms with Crippen molar-refractivity contribution in [2.24, 2.45) is 5.92 Å². The van der Waals surface area contributed by atoms with E-state index in [1.54, 1.807) is 18.3 Å². The molecule has 136 valence electrons. The molecule has 0 saturated carbocycles. The van der Waals surface area contributed by atoms with E-state index in [0.717, 1.165) is 37.9 Å². The largest absolute Gasteiger partial charge is 0.444 e. The Labute approximate surface area is 152 Å². The molecule has 3 aliphatic rings. The lowest BCUT2D eigenvalue weighted by atomic mass is 9.78. The highest BCUT2D eigenvalue weighted by atomic mass is 19.1. The van der Waals surface area contributed by atoms with Gasteiger partial charge in [-0.25, -0.2) is 9.18 Å². The number of carbonyl (C=O) groups excluding carboxylic acids is 1. The standard InChI is InChI=1S/C20H22FN3O2/c21-16-5-1-2-6-17(16)23-20(25)26-19-15-7-10-24(11-8-15)18(19)12-14-4-3-9-22-13-14/h1-6,9,13,15,18-19H,7-8,10-12H2,(H,23,25)/t18-,19-/m0/s1. The summed E-state index contributed by atoms with van der Waals surface area (Å²) in [5, 5.41) is 2.53. The number of ether oxygens (including phenoxy) is 1. The summed E-state index contributed by atoms with van der Waals surface area (Å²) in [5.41, 5.74) is 1.27. The van der Waals surface area contributed by atoms with Gasteiger partial charge < -0.3 is 4.74 Å². The fourth-order valence-electron chi connectivity index (χ4n) is 4.11. The van der Waals surface area contributed by atoms with Gasteiger partial charge in [-0.1, -0.05) is 18.2 Å². The highest BCUT2D eigenvalue weighted by molar-refractivity contribution is 5.84. The molecule has 0 aliphatic carbocycles. The number of nitrogens with zero attached hydrogens (tertiary/aromatic N) is 2. The Balaban J connectivity index is 1.47. The van der Waals surface area contributed by atoms with Crippen molar-refractivity contribution in [2.45, 2.75) is 31.4 Å². The van der Waals surface area contributed by atoms with Crippen LogP contribution in [0.3, 0.4) is 0 Å². The average Bonchev–Trinajstić information content (AvgIpc) is 2.67. The zero-order chi connectivity index (χ0) is 17.9. The van der Waals surface area contributed by atoms with Gasteiger partial charge in [0.05, 0.1) is 11.7 Å². The molecule has 0 radical (unpaired) electrons. The van der Waals surface area contributed by atoms with Crippen LogP contribution in [0.2, 0.25) is 0 Å². The van der Waals surface area contributed by atoms with Crippen LogP contribution in [-0.2, 0) is 11.2 Å². The summed E-state index contributed by atoms with van der Waals surface area (Å²) in [4.78, 5) is 19.0. The Morgan fingerprint density at radius 3 is 2.77 bits per heavy atom. The molecule has 2 bridgehead atoms. The van der Waals surface area contributed by atoms with Gasteiger partial charge in [-0.3, -0.25) is 15.2 Å². The molecule has 1 aromatic carbocycles. The molecule has 6 heteroatoms. The summed E-state index contributed by atoms with van der Waals surface area (Å²) in [5.74, 6) is -0.113. The van der Waals surface area contributed by atoms with Gasteiger partial charge in [-0.15, -0.1) is 0 Å². The topological polar surface area (TPSA) is 54.5 Å². The molecule has 26 heavy (non-hydrogen) atoms. The number of amides is 1. The number of hydrogen-bond donors (Lipinski definition) is 1. The van der Waals surface area contributed by atoms with Crippen LogP contribution in [0.4, 0.5) is 14.9 Å². The zero-order valence-electron chi connectivity index (χ0n) is 14.5. The number of anilines is 1. The summed E-state index contributed by atoms with van der Waals surface area (Å²) in [6, 6.07) is 10.2. The SMILES string of the molecule is O=C(Nc1ccccc1F)O[C@H]1C2CCN(CC2)[C@H]1Cc1cccnc1. The molecule has 0 unspecified atom stereocenters. The highest BCUT2D eigenvalue weighted by Gasteiger charge is 2.44. The van der Waals surface area contributed by atoms with Gasteiger partial charge >= 0.3 is 6.09 Å². The molecular weight excluding hydrogens is 333 g/mol. The van der Waals surface area contributed by atoms with Gasteiger partial charge in [-0.2, -0.15) is 0 Å². The van der Waals surface area contributed by atoms with E-state index in [2.05, 4.69) is 15.2 Å². The average molecular weight is 355 g/mol. The van der Waals surface area contributed by atoms with Crippen LogP contribution in [0.5, 0.6) is 0 Å². The summed E-state index contributed by atoms with van der Waals surface area (Å²) >= 11 is 0. The number of para-hydroxylation sites is 1. The van der Waals surface area contributed by atoms with E-state index in [4.69, 9.17) is 4.74 Å². The first-order valence-corrected chi connectivity index (χ1v) is 9.06. The van der Waals surface area contributed by atoms with Crippen molar-refractivity contribution < 1.29 is 13.9 Å². The number of pyridine rings is 1. The van der Waals surface area contributed by atoms with Gasteiger partial charge in [0.25, 0.3) is 0 Å². The summed E-state index contributed by atoms with van der Waals surface area (Å²) in [7, 11) is 0. The van der Waals surface area contributed by atoms with Gasteiger partial charge in [0.15, 0.2) is 0 Å². The van der Waals surface area contributed by atoms with Crippen molar-refractivity contribution in [2.75, 3.05) is 18.4 Å². The quantitative estimate of drug-likeness (QED) is 0.912. The van der Waals surface area contributed by atoms with E-state index in [1.165, 1.54) is 12.1 Å². The maximum absolute atomic E-state index is 13.8. The highest BCUT2D eigenvalue weighted by Crippen LogP contribution is 2.36. The Bertz CT molecular complexity index is 763. The first-order chi connectivity index (χ1) is 12.7. The Morgan fingerprint density at radius 2 is 2.04 bits per heavy atom. The summed E-state index contributed by atoms with van der Waals surface area (Å²) < 4.78 is 19.5. The minimum absolute atomic E-state index is 0.137. The van der Waals surface area contributed by atoms with Crippen molar-refractivity contribution in [3.8, 4) is 0 Å². The number of benzene rings is 1.